The lowest BCUT2D eigenvalue weighted by molar-refractivity contribution is 0.591. The molecule has 0 unspecified atom stereocenters. The van der Waals surface area contributed by atoms with Gasteiger partial charge < -0.3 is 9.80 Å². The van der Waals surface area contributed by atoms with Crippen molar-refractivity contribution in [2.75, 3.05) is 9.80 Å². The first-order valence-electron chi connectivity index (χ1n) is 22.1. The Bertz CT molecular complexity index is 3270. The highest BCUT2D eigenvalue weighted by atomic mass is 32.2. The number of allylic oxidation sites excluding steroid dienone is 4. The van der Waals surface area contributed by atoms with Gasteiger partial charge in [0.05, 0.1) is 16.8 Å². The van der Waals surface area contributed by atoms with Crippen molar-refractivity contribution < 1.29 is 0 Å². The number of thiophene rings is 1. The zero-order valence-corrected chi connectivity index (χ0v) is 37.3. The highest BCUT2D eigenvalue weighted by Crippen LogP contribution is 2.63. The Labute approximate surface area is 378 Å². The SMILES string of the molecule is CC(C)(C)c1ccc2c(c1)sc1ccc(N(c3ccccc3)c3ccc4c(c3)Sc3ccccc3C43c4ccccc4-c4ccccc43)c(N(C3=CC=CCC3)c3ccccc3)c12. The van der Waals surface area contributed by atoms with E-state index in [2.05, 4.69) is 231 Å². The van der Waals surface area contributed by atoms with Crippen LogP contribution in [0.25, 0.3) is 31.3 Å². The second-order valence-electron chi connectivity index (χ2n) is 18.0. The molecule has 0 bridgehead atoms. The molecule has 304 valence electrons. The summed E-state index contributed by atoms with van der Waals surface area (Å²) in [5, 5.41) is 2.58. The summed E-state index contributed by atoms with van der Waals surface area (Å²) >= 11 is 3.81. The predicted octanol–water partition coefficient (Wildman–Crippen LogP) is 17.0. The van der Waals surface area contributed by atoms with E-state index in [9.17, 15) is 0 Å². The van der Waals surface area contributed by atoms with Crippen LogP contribution in [0.5, 0.6) is 0 Å². The second kappa shape index (κ2) is 14.8. The largest absolute Gasteiger partial charge is 0.312 e. The van der Waals surface area contributed by atoms with Gasteiger partial charge in [-0.05, 0) is 124 Å². The van der Waals surface area contributed by atoms with Crippen LogP contribution in [0, 0.1) is 0 Å². The van der Waals surface area contributed by atoms with Crippen LogP contribution in [0.3, 0.4) is 0 Å². The Kier molecular flexibility index (Phi) is 8.93. The van der Waals surface area contributed by atoms with Crippen molar-refractivity contribution in [2.45, 2.75) is 54.2 Å². The molecule has 0 N–H and O–H groups in total. The molecule has 0 amide bonds. The maximum Gasteiger partial charge on any atom is 0.0793 e. The lowest BCUT2D eigenvalue weighted by Crippen LogP contribution is -2.32. The molecule has 1 aliphatic heterocycles. The smallest absolute Gasteiger partial charge is 0.0793 e. The number of nitrogens with zero attached hydrogens (tertiary/aromatic N) is 2. The van der Waals surface area contributed by atoms with Gasteiger partial charge in [-0.2, -0.15) is 0 Å². The third-order valence-electron chi connectivity index (χ3n) is 13.3. The quantitative estimate of drug-likeness (QED) is 0.165. The molecule has 2 nitrogen and oxygen atoms in total. The van der Waals surface area contributed by atoms with Gasteiger partial charge >= 0.3 is 0 Å². The maximum atomic E-state index is 2.56. The fourth-order valence-corrected chi connectivity index (χ4v) is 12.9. The van der Waals surface area contributed by atoms with Crippen LogP contribution in [-0.2, 0) is 10.8 Å². The van der Waals surface area contributed by atoms with Crippen molar-refractivity contribution in [2.24, 2.45) is 0 Å². The molecule has 9 aromatic rings. The summed E-state index contributed by atoms with van der Waals surface area (Å²) in [7, 11) is 0. The number of anilines is 5. The highest BCUT2D eigenvalue weighted by molar-refractivity contribution is 7.99. The van der Waals surface area contributed by atoms with Gasteiger partial charge in [0.2, 0.25) is 0 Å². The Balaban J connectivity index is 1.15. The molecule has 1 spiro atoms. The Hall–Kier alpha value is -6.59. The fourth-order valence-electron chi connectivity index (χ4n) is 10.5. The molecule has 0 saturated carbocycles. The van der Waals surface area contributed by atoms with Crippen LogP contribution in [0.2, 0.25) is 0 Å². The summed E-state index contributed by atoms with van der Waals surface area (Å²) < 4.78 is 2.60. The van der Waals surface area contributed by atoms with Crippen LogP contribution < -0.4 is 9.80 Å². The van der Waals surface area contributed by atoms with Gasteiger partial charge in [-0.15, -0.1) is 11.3 Å². The summed E-state index contributed by atoms with van der Waals surface area (Å²) in [5.41, 5.74) is 16.0. The number of para-hydroxylation sites is 2. The summed E-state index contributed by atoms with van der Waals surface area (Å²) in [4.78, 5) is 7.65. The van der Waals surface area contributed by atoms with Crippen molar-refractivity contribution in [3.63, 3.8) is 0 Å². The number of rotatable bonds is 6. The number of fused-ring (bicyclic) bond motifs is 12. The molecule has 2 aliphatic carbocycles. The highest BCUT2D eigenvalue weighted by Gasteiger charge is 2.50. The van der Waals surface area contributed by atoms with Gasteiger partial charge in [0, 0.05) is 52.7 Å². The molecule has 2 heterocycles. The first kappa shape index (κ1) is 38.1. The molecular weight excluding hydrogens is 801 g/mol. The van der Waals surface area contributed by atoms with Gasteiger partial charge in [0.25, 0.3) is 0 Å². The average Bonchev–Trinajstić information content (AvgIpc) is 3.84. The van der Waals surface area contributed by atoms with Crippen molar-refractivity contribution in [1.82, 2.24) is 0 Å². The van der Waals surface area contributed by atoms with Crippen molar-refractivity contribution in [1.29, 1.82) is 0 Å². The van der Waals surface area contributed by atoms with Crippen LogP contribution in [0.1, 0.15) is 61.4 Å². The van der Waals surface area contributed by atoms with E-state index in [0.717, 1.165) is 35.6 Å². The van der Waals surface area contributed by atoms with Crippen LogP contribution >= 0.6 is 23.1 Å². The standard InChI is InChI=1S/C59H46N2S2/c1-58(2,3)39-31-33-46-54(37-39)63-53-36-35-51(57(56(46)53)61(41-21-9-5-10-22-41)42-23-11-6-12-24-42)60(40-19-7-4-8-20-40)43-32-34-50-55(38-43)62-52-30-18-17-29-49(52)59(50)47-27-15-13-25-44(47)45-26-14-16-28-48(45)59/h4-11,13-23,25-38H,12,24H2,1-3H3. The van der Waals surface area contributed by atoms with E-state index in [1.54, 1.807) is 0 Å². The molecule has 12 rings (SSSR count). The molecule has 3 aliphatic rings. The molecular formula is C59H46N2S2. The maximum absolute atomic E-state index is 2.56. The van der Waals surface area contributed by atoms with Crippen molar-refractivity contribution in [3.8, 4) is 11.1 Å². The van der Waals surface area contributed by atoms with Crippen LogP contribution in [-0.4, -0.2) is 0 Å². The van der Waals surface area contributed by atoms with Crippen molar-refractivity contribution in [3.05, 3.63) is 234 Å². The van der Waals surface area contributed by atoms with Crippen LogP contribution in [0.4, 0.5) is 28.4 Å². The minimum atomic E-state index is -0.433. The van der Waals surface area contributed by atoms with E-state index >= 15 is 0 Å². The summed E-state index contributed by atoms with van der Waals surface area (Å²) in [6.45, 7) is 6.93. The first-order valence-corrected chi connectivity index (χ1v) is 23.7. The topological polar surface area (TPSA) is 6.48 Å². The third-order valence-corrected chi connectivity index (χ3v) is 15.6. The number of hydrogen-bond donors (Lipinski definition) is 0. The molecule has 63 heavy (non-hydrogen) atoms. The summed E-state index contributed by atoms with van der Waals surface area (Å²) in [6.07, 6.45) is 8.79. The van der Waals surface area contributed by atoms with Gasteiger partial charge in [0.1, 0.15) is 0 Å². The zero-order chi connectivity index (χ0) is 42.3. The van der Waals surface area contributed by atoms with E-state index in [-0.39, 0.29) is 5.41 Å². The Morgan fingerprint density at radius 2 is 1.16 bits per heavy atom. The minimum Gasteiger partial charge on any atom is -0.312 e. The normalized spacial score (nSPS) is 14.6. The lowest BCUT2D eigenvalue weighted by atomic mass is 9.67. The van der Waals surface area contributed by atoms with Gasteiger partial charge in [0.15, 0.2) is 0 Å². The fraction of sp³-hybridized carbons (Fsp3) is 0.119. The predicted molar refractivity (Wildman–Crippen MR) is 269 cm³/mol. The van der Waals surface area contributed by atoms with Gasteiger partial charge in [-0.3, -0.25) is 0 Å². The summed E-state index contributed by atoms with van der Waals surface area (Å²) in [6, 6.07) is 68.4. The van der Waals surface area contributed by atoms with E-state index < -0.39 is 5.41 Å². The van der Waals surface area contributed by atoms with Crippen molar-refractivity contribution >= 4 is 71.7 Å². The van der Waals surface area contributed by atoms with E-state index in [1.165, 1.54) is 80.3 Å². The Morgan fingerprint density at radius 1 is 0.524 bits per heavy atom. The van der Waals surface area contributed by atoms with E-state index in [0.29, 0.717) is 0 Å². The van der Waals surface area contributed by atoms with E-state index in [1.807, 2.05) is 23.1 Å². The number of hydrogen-bond acceptors (Lipinski definition) is 4. The van der Waals surface area contributed by atoms with E-state index in [4.69, 9.17) is 0 Å². The molecule has 1 aromatic heterocycles. The minimum absolute atomic E-state index is 0.0456. The second-order valence-corrected chi connectivity index (χ2v) is 20.1. The zero-order valence-electron chi connectivity index (χ0n) is 35.7. The summed E-state index contributed by atoms with van der Waals surface area (Å²) in [5.74, 6) is 0. The molecule has 4 heteroatoms. The van der Waals surface area contributed by atoms with Gasteiger partial charge in [-0.25, -0.2) is 0 Å². The number of benzene rings is 8. The van der Waals surface area contributed by atoms with Gasteiger partial charge in [-0.1, -0.05) is 166 Å². The molecule has 0 saturated heterocycles. The Morgan fingerprint density at radius 3 is 1.84 bits per heavy atom. The monoisotopic (exact) mass is 846 g/mol. The third kappa shape index (κ3) is 5.92. The molecule has 8 aromatic carbocycles. The molecule has 0 fully saturated rings. The molecule has 0 radical (unpaired) electrons. The average molecular weight is 847 g/mol. The lowest BCUT2D eigenvalue weighted by Gasteiger charge is -2.40. The molecule has 0 atom stereocenters. The van der Waals surface area contributed by atoms with Crippen LogP contribution in [0.15, 0.2) is 216 Å². The first-order chi connectivity index (χ1) is 30.9.